The number of unbranched alkanes of at least 4 members (excludes halogenated alkanes) is 8. The van der Waals surface area contributed by atoms with E-state index in [1.807, 2.05) is 49.4 Å². The number of carboxylic acid groups (broad SMARTS) is 1. The number of esters is 1. The second-order valence-corrected chi connectivity index (χ2v) is 10.8. The van der Waals surface area contributed by atoms with Crippen molar-refractivity contribution in [2.24, 2.45) is 0 Å². The van der Waals surface area contributed by atoms with Gasteiger partial charge >= 0.3 is 11.9 Å². The van der Waals surface area contributed by atoms with Gasteiger partial charge in [-0.1, -0.05) is 102 Å². The number of carboxylic acids is 1. The van der Waals surface area contributed by atoms with E-state index >= 15 is 0 Å². The predicted molar refractivity (Wildman–Crippen MR) is 167 cm³/mol. The van der Waals surface area contributed by atoms with Gasteiger partial charge in [0.2, 0.25) is 0 Å². The van der Waals surface area contributed by atoms with E-state index in [1.165, 1.54) is 44.9 Å². The van der Waals surface area contributed by atoms with Crippen LogP contribution in [0.2, 0.25) is 0 Å². The number of carbonyl (C=O) groups excluding carboxylic acids is 1. The van der Waals surface area contributed by atoms with Crippen molar-refractivity contribution in [1.82, 2.24) is 0 Å². The number of hydrogen-bond acceptors (Lipinski definition) is 4. The lowest BCUT2D eigenvalue weighted by molar-refractivity contribution is 0.0319. The molecule has 1 N–H and O–H groups in total. The topological polar surface area (TPSA) is 72.8 Å². The van der Waals surface area contributed by atoms with E-state index in [0.717, 1.165) is 42.4 Å². The standard InChI is InChI=1S/C36H46O5/c1-4-6-8-10-11-13-25-40-32-23-24-33(35(37)38)34(26-32)30-19-15-28(16-20-30)29-17-21-31(22-18-29)36(39)41-27(3)14-12-9-7-5-2/h15-24,26-27H,4-14,25H2,1-3H3,(H,37,38). The van der Waals surface area contributed by atoms with Crippen LogP contribution in [0.3, 0.4) is 0 Å². The molecule has 0 aromatic heterocycles. The van der Waals surface area contributed by atoms with E-state index in [2.05, 4.69) is 13.8 Å². The Labute approximate surface area is 245 Å². The second-order valence-electron chi connectivity index (χ2n) is 10.8. The molecule has 5 heteroatoms. The third kappa shape index (κ3) is 10.4. The summed E-state index contributed by atoms with van der Waals surface area (Å²) < 4.78 is 11.6. The molecule has 5 nitrogen and oxygen atoms in total. The van der Waals surface area contributed by atoms with Crippen molar-refractivity contribution in [2.45, 2.75) is 97.5 Å². The van der Waals surface area contributed by atoms with Gasteiger partial charge in [0.1, 0.15) is 5.75 Å². The van der Waals surface area contributed by atoms with Crippen LogP contribution >= 0.6 is 0 Å². The van der Waals surface area contributed by atoms with Crippen molar-refractivity contribution in [2.75, 3.05) is 6.61 Å². The van der Waals surface area contributed by atoms with E-state index in [4.69, 9.17) is 9.47 Å². The normalized spacial score (nSPS) is 11.7. The summed E-state index contributed by atoms with van der Waals surface area (Å²) in [6.45, 7) is 6.97. The first-order valence-corrected chi connectivity index (χ1v) is 15.3. The molecule has 1 atom stereocenters. The third-order valence-corrected chi connectivity index (χ3v) is 7.41. The summed E-state index contributed by atoms with van der Waals surface area (Å²) in [5, 5.41) is 9.78. The first kappa shape index (κ1) is 31.9. The Kier molecular flexibility index (Phi) is 13.4. The van der Waals surface area contributed by atoms with E-state index in [-0.39, 0.29) is 17.6 Å². The fourth-order valence-corrected chi connectivity index (χ4v) is 4.92. The minimum absolute atomic E-state index is 0.0956. The highest BCUT2D eigenvalue weighted by atomic mass is 16.5. The molecule has 0 spiro atoms. The summed E-state index contributed by atoms with van der Waals surface area (Å²) in [6.07, 6.45) is 12.6. The number of carbonyl (C=O) groups is 2. The van der Waals surface area contributed by atoms with Crippen LogP contribution in [0.1, 0.15) is 112 Å². The maximum atomic E-state index is 12.6. The molecule has 0 fully saturated rings. The highest BCUT2D eigenvalue weighted by Crippen LogP contribution is 2.31. The molecule has 0 aliphatic rings. The van der Waals surface area contributed by atoms with Crippen molar-refractivity contribution < 1.29 is 24.2 Å². The molecule has 0 radical (unpaired) electrons. The number of ether oxygens (including phenoxy) is 2. The van der Waals surface area contributed by atoms with Crippen molar-refractivity contribution in [3.05, 3.63) is 77.9 Å². The van der Waals surface area contributed by atoms with Gasteiger partial charge in [0, 0.05) is 0 Å². The molecule has 0 amide bonds. The smallest absolute Gasteiger partial charge is 0.338 e. The third-order valence-electron chi connectivity index (χ3n) is 7.41. The van der Waals surface area contributed by atoms with Crippen LogP contribution in [0, 0.1) is 0 Å². The Morgan fingerprint density at radius 2 is 1.27 bits per heavy atom. The van der Waals surface area contributed by atoms with E-state index < -0.39 is 5.97 Å². The zero-order valence-corrected chi connectivity index (χ0v) is 25.0. The molecule has 3 aromatic carbocycles. The Morgan fingerprint density at radius 3 is 1.90 bits per heavy atom. The minimum atomic E-state index is -0.968. The first-order chi connectivity index (χ1) is 19.9. The highest BCUT2D eigenvalue weighted by Gasteiger charge is 2.15. The molecule has 0 bridgehead atoms. The van der Waals surface area contributed by atoms with Gasteiger partial charge in [0.15, 0.2) is 0 Å². The molecule has 3 aromatic rings. The average molecular weight is 559 g/mol. The summed E-state index contributed by atoms with van der Waals surface area (Å²) in [4.78, 5) is 24.5. The lowest BCUT2D eigenvalue weighted by Crippen LogP contribution is -2.15. The summed E-state index contributed by atoms with van der Waals surface area (Å²) in [7, 11) is 0. The van der Waals surface area contributed by atoms with Gasteiger partial charge in [-0.05, 0) is 78.8 Å². The van der Waals surface area contributed by atoms with Gasteiger partial charge in [-0.3, -0.25) is 0 Å². The van der Waals surface area contributed by atoms with Crippen LogP contribution in [0.25, 0.3) is 22.3 Å². The average Bonchev–Trinajstić information content (AvgIpc) is 2.99. The maximum absolute atomic E-state index is 12.6. The quantitative estimate of drug-likeness (QED) is 0.124. The molecule has 0 aliphatic carbocycles. The summed E-state index contributed by atoms with van der Waals surface area (Å²) in [5.74, 6) is -0.584. The van der Waals surface area contributed by atoms with E-state index in [9.17, 15) is 14.7 Å². The molecule has 41 heavy (non-hydrogen) atoms. The zero-order chi connectivity index (χ0) is 29.5. The molecule has 0 saturated carbocycles. The SMILES string of the molecule is CCCCCCCCOc1ccc(C(=O)O)c(-c2ccc(-c3ccc(C(=O)OC(C)CCCCCC)cc3)cc2)c1. The summed E-state index contributed by atoms with van der Waals surface area (Å²) >= 11 is 0. The Balaban J connectivity index is 1.63. The van der Waals surface area contributed by atoms with Crippen LogP contribution in [0.15, 0.2) is 66.7 Å². The highest BCUT2D eigenvalue weighted by molar-refractivity contribution is 5.96. The van der Waals surface area contributed by atoms with Gasteiger partial charge < -0.3 is 14.6 Å². The van der Waals surface area contributed by atoms with Crippen LogP contribution < -0.4 is 4.74 Å². The molecule has 3 rings (SSSR count). The second kappa shape index (κ2) is 17.3. The fourth-order valence-electron chi connectivity index (χ4n) is 4.92. The van der Waals surface area contributed by atoms with E-state index in [1.54, 1.807) is 24.3 Å². The number of benzene rings is 3. The number of aromatic carboxylic acids is 1. The summed E-state index contributed by atoms with van der Waals surface area (Å²) in [6, 6.07) is 20.4. The van der Waals surface area contributed by atoms with Crippen LogP contribution in [-0.4, -0.2) is 29.8 Å². The molecule has 220 valence electrons. The minimum Gasteiger partial charge on any atom is -0.494 e. The van der Waals surface area contributed by atoms with Gasteiger partial charge in [0.25, 0.3) is 0 Å². The molecule has 0 saturated heterocycles. The monoisotopic (exact) mass is 558 g/mol. The molecule has 1 unspecified atom stereocenters. The number of hydrogen-bond donors (Lipinski definition) is 1. The lowest BCUT2D eigenvalue weighted by Gasteiger charge is -2.13. The largest absolute Gasteiger partial charge is 0.494 e. The zero-order valence-electron chi connectivity index (χ0n) is 25.0. The van der Waals surface area contributed by atoms with Gasteiger partial charge in [-0.2, -0.15) is 0 Å². The van der Waals surface area contributed by atoms with Crippen LogP contribution in [0.5, 0.6) is 5.75 Å². The molecular formula is C36H46O5. The Morgan fingerprint density at radius 1 is 0.707 bits per heavy atom. The molecule has 0 heterocycles. The van der Waals surface area contributed by atoms with Gasteiger partial charge in [-0.25, -0.2) is 9.59 Å². The Bertz CT molecular complexity index is 1210. The van der Waals surface area contributed by atoms with Gasteiger partial charge in [-0.15, -0.1) is 0 Å². The number of rotatable bonds is 18. The van der Waals surface area contributed by atoms with E-state index in [0.29, 0.717) is 23.5 Å². The molecule has 0 aliphatic heterocycles. The summed E-state index contributed by atoms with van der Waals surface area (Å²) in [5.41, 5.74) is 4.16. The predicted octanol–water partition coefficient (Wildman–Crippen LogP) is 9.97. The molecular weight excluding hydrogens is 512 g/mol. The Hall–Kier alpha value is -3.60. The van der Waals surface area contributed by atoms with Crippen LogP contribution in [0.4, 0.5) is 0 Å². The van der Waals surface area contributed by atoms with Gasteiger partial charge in [0.05, 0.1) is 23.8 Å². The lowest BCUT2D eigenvalue weighted by atomic mass is 9.96. The van der Waals surface area contributed by atoms with Crippen molar-refractivity contribution in [3.63, 3.8) is 0 Å². The van der Waals surface area contributed by atoms with Crippen molar-refractivity contribution >= 4 is 11.9 Å². The maximum Gasteiger partial charge on any atom is 0.338 e. The van der Waals surface area contributed by atoms with Crippen molar-refractivity contribution in [1.29, 1.82) is 0 Å². The first-order valence-electron chi connectivity index (χ1n) is 15.3. The van der Waals surface area contributed by atoms with Crippen LogP contribution in [-0.2, 0) is 4.74 Å². The fraction of sp³-hybridized carbons (Fsp3) is 0.444. The van der Waals surface area contributed by atoms with Crippen molar-refractivity contribution in [3.8, 4) is 28.0 Å².